The molecule has 5 aliphatic rings. The van der Waals surface area contributed by atoms with E-state index in [4.69, 9.17) is 4.74 Å². The molecule has 1 aliphatic heterocycles. The first-order valence-corrected chi connectivity index (χ1v) is 8.14. The highest BCUT2D eigenvalue weighted by Crippen LogP contribution is 2.72. The Bertz CT molecular complexity index is 468. The molecule has 4 aliphatic carbocycles. The number of ether oxygens (including phenoxy) is 1. The van der Waals surface area contributed by atoms with Crippen LogP contribution < -0.4 is 0 Å². The van der Waals surface area contributed by atoms with E-state index >= 15 is 0 Å². The van der Waals surface area contributed by atoms with Crippen molar-refractivity contribution in [2.24, 2.45) is 28.6 Å². The van der Waals surface area contributed by atoms with Crippen molar-refractivity contribution < 1.29 is 25.2 Å². The highest BCUT2D eigenvalue weighted by atomic mass is 16.5. The second-order valence-corrected chi connectivity index (χ2v) is 8.26. The molecule has 5 rings (SSSR count). The fourth-order valence-corrected chi connectivity index (χ4v) is 6.35. The molecule has 5 heteroatoms. The van der Waals surface area contributed by atoms with Gasteiger partial charge in [-0.1, -0.05) is 20.8 Å². The van der Waals surface area contributed by atoms with Crippen LogP contribution in [0.2, 0.25) is 0 Å². The summed E-state index contributed by atoms with van der Waals surface area (Å²) in [7, 11) is 0. The van der Waals surface area contributed by atoms with E-state index < -0.39 is 35.9 Å². The maximum Gasteiger partial charge on any atom is 0.109 e. The molecule has 120 valence electrons. The molecule has 0 spiro atoms. The van der Waals surface area contributed by atoms with Crippen LogP contribution in [0.15, 0.2) is 0 Å². The van der Waals surface area contributed by atoms with Gasteiger partial charge in [-0.25, -0.2) is 0 Å². The molecule has 5 fully saturated rings. The van der Waals surface area contributed by atoms with Crippen molar-refractivity contribution in [3.8, 4) is 0 Å². The Balaban J connectivity index is 1.92. The summed E-state index contributed by atoms with van der Waals surface area (Å²) in [6.07, 6.45) is -2.89. The number of fused-ring (bicyclic) bond motifs is 1. The van der Waals surface area contributed by atoms with E-state index in [1.165, 1.54) is 0 Å². The first-order valence-electron chi connectivity index (χ1n) is 8.14. The van der Waals surface area contributed by atoms with Crippen molar-refractivity contribution in [3.05, 3.63) is 0 Å². The zero-order valence-electron chi connectivity index (χ0n) is 12.8. The second kappa shape index (κ2) is 4.01. The predicted octanol–water partition coefficient (Wildman–Crippen LogP) is -0.101. The van der Waals surface area contributed by atoms with Gasteiger partial charge in [0.15, 0.2) is 0 Å². The number of hydrogen-bond donors (Lipinski definition) is 4. The van der Waals surface area contributed by atoms with Crippen molar-refractivity contribution in [3.63, 3.8) is 0 Å². The van der Waals surface area contributed by atoms with Gasteiger partial charge in [0.2, 0.25) is 0 Å². The lowest BCUT2D eigenvalue weighted by molar-refractivity contribution is -0.255. The first kappa shape index (κ1) is 14.4. The first-order chi connectivity index (χ1) is 9.76. The van der Waals surface area contributed by atoms with Gasteiger partial charge in [0.25, 0.3) is 0 Å². The molecular formula is C16H26O5. The lowest BCUT2D eigenvalue weighted by atomic mass is 9.38. The van der Waals surface area contributed by atoms with E-state index in [-0.39, 0.29) is 23.4 Å². The monoisotopic (exact) mass is 298 g/mol. The van der Waals surface area contributed by atoms with Crippen LogP contribution in [-0.2, 0) is 4.74 Å². The second-order valence-electron chi connectivity index (χ2n) is 8.26. The highest BCUT2D eigenvalue weighted by Gasteiger charge is 2.78. The fraction of sp³-hybridized carbons (Fsp3) is 1.00. The van der Waals surface area contributed by atoms with Gasteiger partial charge in [-0.2, -0.15) is 0 Å². The van der Waals surface area contributed by atoms with Crippen LogP contribution in [-0.4, -0.2) is 57.0 Å². The Morgan fingerprint density at radius 1 is 0.952 bits per heavy atom. The van der Waals surface area contributed by atoms with E-state index in [1.807, 2.05) is 6.92 Å². The lowest BCUT2D eigenvalue weighted by Crippen LogP contribution is -2.72. The molecule has 2 unspecified atom stereocenters. The Morgan fingerprint density at radius 2 is 1.62 bits per heavy atom. The quantitative estimate of drug-likeness (QED) is 0.543. The van der Waals surface area contributed by atoms with E-state index in [0.29, 0.717) is 5.92 Å². The maximum absolute atomic E-state index is 10.9. The Kier molecular flexibility index (Phi) is 2.75. The summed E-state index contributed by atoms with van der Waals surface area (Å²) < 4.78 is 6.09. The Labute approximate surface area is 124 Å². The molecule has 4 saturated carbocycles. The highest BCUT2D eigenvalue weighted by molar-refractivity contribution is 5.25. The summed E-state index contributed by atoms with van der Waals surface area (Å²) in [5.74, 6) is 0.0954. The van der Waals surface area contributed by atoms with E-state index in [0.717, 1.165) is 12.8 Å². The van der Waals surface area contributed by atoms with Crippen LogP contribution >= 0.6 is 0 Å². The van der Waals surface area contributed by atoms with Gasteiger partial charge in [-0.3, -0.25) is 0 Å². The standard InChI is InChI=1S/C16H26O5/c1-6(2)16-5-4-15(3)7-8(16)12(21-14(16)13(15)20)11(19)10(18)9(7)17/h6-14,17-20H,4-5H2,1-3H3/t7?,8?,9-,10+,11+,12+,13+,14+,15+,16+/m1/s1. The molecule has 5 nitrogen and oxygen atoms in total. The molecule has 0 aromatic heterocycles. The van der Waals surface area contributed by atoms with Gasteiger partial charge >= 0.3 is 0 Å². The van der Waals surface area contributed by atoms with Gasteiger partial charge in [-0.05, 0) is 18.8 Å². The van der Waals surface area contributed by atoms with Gasteiger partial charge in [-0.15, -0.1) is 0 Å². The molecule has 10 atom stereocenters. The van der Waals surface area contributed by atoms with Crippen LogP contribution in [0.1, 0.15) is 33.6 Å². The van der Waals surface area contributed by atoms with Crippen molar-refractivity contribution in [1.29, 1.82) is 0 Å². The third kappa shape index (κ3) is 1.33. The number of rotatable bonds is 1. The molecule has 4 bridgehead atoms. The van der Waals surface area contributed by atoms with Crippen LogP contribution in [0.25, 0.3) is 0 Å². The van der Waals surface area contributed by atoms with Crippen molar-refractivity contribution in [2.75, 3.05) is 0 Å². The molecule has 0 radical (unpaired) electrons. The lowest BCUT2D eigenvalue weighted by Gasteiger charge is -2.66. The fourth-order valence-electron chi connectivity index (χ4n) is 6.35. The summed E-state index contributed by atoms with van der Waals surface area (Å²) in [5, 5.41) is 42.1. The summed E-state index contributed by atoms with van der Waals surface area (Å²) in [6.45, 7) is 6.28. The zero-order valence-corrected chi connectivity index (χ0v) is 12.8. The summed E-state index contributed by atoms with van der Waals surface area (Å²) in [6, 6.07) is 0. The molecule has 0 aromatic carbocycles. The van der Waals surface area contributed by atoms with Crippen LogP contribution in [0.4, 0.5) is 0 Å². The summed E-state index contributed by atoms with van der Waals surface area (Å²) >= 11 is 0. The summed E-state index contributed by atoms with van der Waals surface area (Å²) in [5.41, 5.74) is -0.643. The van der Waals surface area contributed by atoms with Gasteiger partial charge in [0.1, 0.15) is 12.2 Å². The zero-order chi connectivity index (χ0) is 15.3. The minimum absolute atomic E-state index is 0.0121. The smallest absolute Gasteiger partial charge is 0.109 e. The van der Waals surface area contributed by atoms with Crippen LogP contribution in [0, 0.1) is 28.6 Å². The average molecular weight is 298 g/mol. The number of hydrogen-bond acceptors (Lipinski definition) is 5. The number of aliphatic hydroxyl groups is 4. The predicted molar refractivity (Wildman–Crippen MR) is 74.3 cm³/mol. The van der Waals surface area contributed by atoms with Crippen LogP contribution in [0.5, 0.6) is 0 Å². The Hall–Kier alpha value is -0.200. The topological polar surface area (TPSA) is 90.2 Å². The molecule has 21 heavy (non-hydrogen) atoms. The normalized spacial score (nSPS) is 65.1. The molecule has 1 heterocycles. The summed E-state index contributed by atoms with van der Waals surface area (Å²) in [4.78, 5) is 0. The van der Waals surface area contributed by atoms with E-state index in [2.05, 4.69) is 13.8 Å². The van der Waals surface area contributed by atoms with Crippen molar-refractivity contribution >= 4 is 0 Å². The maximum atomic E-state index is 10.9. The van der Waals surface area contributed by atoms with Crippen molar-refractivity contribution in [1.82, 2.24) is 0 Å². The molecule has 1 saturated heterocycles. The minimum Gasteiger partial charge on any atom is -0.390 e. The molecule has 0 amide bonds. The Morgan fingerprint density at radius 3 is 2.24 bits per heavy atom. The average Bonchev–Trinajstić information content (AvgIpc) is 2.75. The van der Waals surface area contributed by atoms with Gasteiger partial charge in [0, 0.05) is 22.7 Å². The van der Waals surface area contributed by atoms with Gasteiger partial charge < -0.3 is 25.2 Å². The SMILES string of the molecule is CC(C)[C@@]12CC[C@@]3(C)C4C1[C@H](O[C@H]2[C@@H]3O)[C@@H](O)[C@@H](O)[C@@H]4O. The van der Waals surface area contributed by atoms with Gasteiger partial charge in [0.05, 0.1) is 24.4 Å². The molecule has 0 aromatic rings. The van der Waals surface area contributed by atoms with E-state index in [1.54, 1.807) is 0 Å². The molecule has 4 N–H and O–H groups in total. The van der Waals surface area contributed by atoms with Crippen LogP contribution in [0.3, 0.4) is 0 Å². The molecular weight excluding hydrogens is 272 g/mol. The van der Waals surface area contributed by atoms with E-state index in [9.17, 15) is 20.4 Å². The largest absolute Gasteiger partial charge is 0.390 e. The number of aliphatic hydroxyl groups excluding tert-OH is 4. The minimum atomic E-state index is -1.19. The third-order valence-corrected chi connectivity index (χ3v) is 7.49. The third-order valence-electron chi connectivity index (χ3n) is 7.49. The van der Waals surface area contributed by atoms with Crippen molar-refractivity contribution in [2.45, 2.75) is 70.2 Å².